The van der Waals surface area contributed by atoms with Gasteiger partial charge in [-0.05, 0) is 24.3 Å². The zero-order chi connectivity index (χ0) is 23.4. The van der Waals surface area contributed by atoms with Gasteiger partial charge in [-0.1, -0.05) is 24.0 Å². The Balaban J connectivity index is 1.39. The minimum atomic E-state index is -4.98. The number of nitrogens with zero attached hydrogens (tertiary/aromatic N) is 3. The Kier molecular flexibility index (Phi) is 7.27. The molecule has 1 aliphatic heterocycles. The maximum atomic E-state index is 12.7. The number of piperazine rings is 1. The van der Waals surface area contributed by atoms with E-state index in [1.165, 1.54) is 17.8 Å². The lowest BCUT2D eigenvalue weighted by molar-refractivity contribution is -0.595. The summed E-state index contributed by atoms with van der Waals surface area (Å²) in [6, 6.07) is 16.9. The Bertz CT molecular complexity index is 1130. The first kappa shape index (κ1) is 23.6. The fraction of sp³-hybridized carbons (Fsp3) is 0.208. The van der Waals surface area contributed by atoms with Gasteiger partial charge < -0.3 is 17.8 Å². The van der Waals surface area contributed by atoms with Crippen molar-refractivity contribution in [1.82, 2.24) is 4.90 Å². The van der Waals surface area contributed by atoms with E-state index in [-0.39, 0.29) is 4.71 Å². The highest BCUT2D eigenvalue weighted by molar-refractivity contribution is 7.99. The van der Waals surface area contributed by atoms with E-state index in [1.54, 1.807) is 0 Å². The Morgan fingerprint density at radius 1 is 0.758 bits per heavy atom. The lowest BCUT2D eigenvalue weighted by atomic mass is 9.80. The Hall–Kier alpha value is -2.54. The summed E-state index contributed by atoms with van der Waals surface area (Å²) in [5.74, 6) is 5.92. The van der Waals surface area contributed by atoms with Crippen LogP contribution in [0.1, 0.15) is 11.1 Å². The van der Waals surface area contributed by atoms with Gasteiger partial charge in [0.1, 0.15) is 0 Å². The molecule has 2 heterocycles. The minimum absolute atomic E-state index is 0.0200. The Morgan fingerprint density at radius 3 is 1.76 bits per heavy atom. The summed E-state index contributed by atoms with van der Waals surface area (Å²) in [5, 5.41) is 0. The predicted molar refractivity (Wildman–Crippen MR) is 135 cm³/mol. The van der Waals surface area contributed by atoms with Crippen LogP contribution in [0.5, 0.6) is 0 Å². The predicted octanol–water partition coefficient (Wildman–Crippen LogP) is 3.68. The van der Waals surface area contributed by atoms with E-state index in [4.69, 9.17) is 0 Å². The molecule has 1 aliphatic rings. The molecule has 0 N–H and O–H groups in total. The number of anilines is 1. The molecule has 1 saturated heterocycles. The van der Waals surface area contributed by atoms with Gasteiger partial charge in [-0.2, -0.15) is 4.57 Å². The first-order chi connectivity index (χ1) is 15.8. The first-order valence-corrected chi connectivity index (χ1v) is 11.6. The fourth-order valence-corrected chi connectivity index (χ4v) is 4.12. The molecule has 0 atom stereocenters. The van der Waals surface area contributed by atoms with Crippen LogP contribution in [-0.4, -0.2) is 42.8 Å². The monoisotopic (exact) mass is 485 g/mol. The third-order valence-electron chi connectivity index (χ3n) is 5.62. The van der Waals surface area contributed by atoms with Crippen LogP contribution in [0.15, 0.2) is 73.1 Å². The van der Waals surface area contributed by atoms with E-state index in [0.29, 0.717) is 5.56 Å². The highest BCUT2D eigenvalue weighted by Gasteiger charge is 2.24. The van der Waals surface area contributed by atoms with Crippen LogP contribution in [0.3, 0.4) is 0 Å². The molecule has 4 rings (SSSR count). The molecule has 1 fully saturated rings. The van der Waals surface area contributed by atoms with Gasteiger partial charge in [0.25, 0.3) is 0 Å². The summed E-state index contributed by atoms with van der Waals surface area (Å²) >= 11 is 8.77. The third-order valence-corrected chi connectivity index (χ3v) is 6.28. The van der Waals surface area contributed by atoms with Gasteiger partial charge in [0, 0.05) is 67.3 Å². The Morgan fingerprint density at radius 2 is 1.27 bits per heavy atom. The molecule has 1 aromatic heterocycles. The quantitative estimate of drug-likeness (QED) is 0.192. The molecule has 9 heteroatoms. The van der Waals surface area contributed by atoms with Gasteiger partial charge in [0.05, 0.1) is 4.71 Å². The topological polar surface area (TPSA) is 10.4 Å². The van der Waals surface area contributed by atoms with Crippen molar-refractivity contribution in [3.63, 3.8) is 0 Å². The summed E-state index contributed by atoms with van der Waals surface area (Å²) in [6.07, 6.45) is 4.07. The number of pyridine rings is 1. The SMILES string of the molecule is F[B-](F)(F)c1ccc(C#Cc2ccc(-[n+]3ccc(N4CCN(C(S)S)CC4)cc3)cc2)cc1. The van der Waals surface area contributed by atoms with Crippen molar-refractivity contribution in [3.8, 4) is 17.5 Å². The van der Waals surface area contributed by atoms with Crippen LogP contribution in [0.25, 0.3) is 5.69 Å². The first-order valence-electron chi connectivity index (χ1n) is 10.6. The number of rotatable bonds is 4. The number of thiol groups is 2. The molecule has 3 nitrogen and oxygen atoms in total. The number of halogens is 3. The summed E-state index contributed by atoms with van der Waals surface area (Å²) in [6.45, 7) is -1.24. The second-order valence-electron chi connectivity index (χ2n) is 7.83. The molecule has 0 amide bonds. The number of benzene rings is 2. The summed E-state index contributed by atoms with van der Waals surface area (Å²) < 4.78 is 40.2. The standard InChI is InChI=1S/C24H23BF3N3S2/c26-25(27,28)21-7-3-19(4-8-21)1-2-20-5-9-22(10-6-20)29-13-11-23(12-14-29)30-15-17-31(18-16-30)24(32)33/h3-14,24,32-33H,15-18H2. The molecule has 3 aromatic rings. The molecule has 0 saturated carbocycles. The average molecular weight is 485 g/mol. The third kappa shape index (κ3) is 6.08. The highest BCUT2D eigenvalue weighted by Crippen LogP contribution is 2.18. The normalized spacial score (nSPS) is 14.8. The Labute approximate surface area is 203 Å². The largest absolute Gasteiger partial charge is 0.509 e. The van der Waals surface area contributed by atoms with Crippen molar-refractivity contribution in [2.45, 2.75) is 4.71 Å². The van der Waals surface area contributed by atoms with E-state index in [0.717, 1.165) is 49.6 Å². The average Bonchev–Trinajstić information content (AvgIpc) is 2.83. The maximum Gasteiger partial charge on any atom is 0.509 e. The van der Waals surface area contributed by atoms with E-state index in [2.05, 4.69) is 59.0 Å². The number of aromatic nitrogens is 1. The summed E-state index contributed by atoms with van der Waals surface area (Å²) in [4.78, 5) is 4.58. The smallest absolute Gasteiger partial charge is 0.445 e. The van der Waals surface area contributed by atoms with Gasteiger partial charge >= 0.3 is 6.98 Å². The van der Waals surface area contributed by atoms with E-state index in [1.807, 2.05) is 41.2 Å². The molecule has 2 aromatic carbocycles. The van der Waals surface area contributed by atoms with Gasteiger partial charge in [-0.3, -0.25) is 4.90 Å². The highest BCUT2D eigenvalue weighted by atomic mass is 32.2. The molecular formula is C24H23BF3N3S2. The molecule has 0 bridgehead atoms. The van der Waals surface area contributed by atoms with Crippen molar-refractivity contribution in [2.24, 2.45) is 0 Å². The molecular weight excluding hydrogens is 462 g/mol. The molecule has 0 aliphatic carbocycles. The van der Waals surface area contributed by atoms with Crippen molar-refractivity contribution in [1.29, 1.82) is 0 Å². The molecule has 0 unspecified atom stereocenters. The number of hydrogen-bond acceptors (Lipinski definition) is 4. The van der Waals surface area contributed by atoms with Crippen molar-refractivity contribution < 1.29 is 17.5 Å². The molecule has 33 heavy (non-hydrogen) atoms. The van der Waals surface area contributed by atoms with Gasteiger partial charge in [0.15, 0.2) is 12.4 Å². The lowest BCUT2D eigenvalue weighted by Gasteiger charge is -2.37. The van der Waals surface area contributed by atoms with Crippen LogP contribution >= 0.6 is 25.3 Å². The van der Waals surface area contributed by atoms with Crippen LogP contribution in [0.4, 0.5) is 18.6 Å². The van der Waals surface area contributed by atoms with Gasteiger partial charge in [0.2, 0.25) is 5.69 Å². The second-order valence-corrected chi connectivity index (χ2v) is 9.21. The van der Waals surface area contributed by atoms with Crippen LogP contribution in [0.2, 0.25) is 0 Å². The fourth-order valence-electron chi connectivity index (χ4n) is 3.66. The zero-order valence-electron chi connectivity index (χ0n) is 17.8. The van der Waals surface area contributed by atoms with Gasteiger partial charge in [-0.15, -0.1) is 30.7 Å². The van der Waals surface area contributed by atoms with Crippen LogP contribution in [0, 0.1) is 11.8 Å². The van der Waals surface area contributed by atoms with E-state index < -0.39 is 12.4 Å². The van der Waals surface area contributed by atoms with E-state index >= 15 is 0 Å². The van der Waals surface area contributed by atoms with E-state index in [9.17, 15) is 12.9 Å². The van der Waals surface area contributed by atoms with Crippen molar-refractivity contribution in [2.75, 3.05) is 31.1 Å². The van der Waals surface area contributed by atoms with Crippen molar-refractivity contribution >= 4 is 43.4 Å². The summed E-state index contributed by atoms with van der Waals surface area (Å²) in [7, 11) is 0. The molecule has 0 radical (unpaired) electrons. The molecule has 0 spiro atoms. The maximum absolute atomic E-state index is 12.7. The van der Waals surface area contributed by atoms with Crippen LogP contribution < -0.4 is 14.9 Å². The van der Waals surface area contributed by atoms with Crippen LogP contribution in [-0.2, 0) is 0 Å². The molecule has 170 valence electrons. The summed E-state index contributed by atoms with van der Waals surface area (Å²) in [5.41, 5.74) is 2.92. The van der Waals surface area contributed by atoms with Crippen molar-refractivity contribution in [3.05, 3.63) is 84.2 Å². The lowest BCUT2D eigenvalue weighted by Crippen LogP contribution is -2.48. The number of hydrogen-bond donors (Lipinski definition) is 2. The minimum Gasteiger partial charge on any atom is -0.445 e. The zero-order valence-corrected chi connectivity index (χ0v) is 19.6. The second kappa shape index (κ2) is 10.2. The van der Waals surface area contributed by atoms with Gasteiger partial charge in [-0.25, -0.2) is 0 Å².